The van der Waals surface area contributed by atoms with Crippen molar-refractivity contribution in [2.24, 2.45) is 0 Å². The van der Waals surface area contributed by atoms with Crippen molar-refractivity contribution in [2.45, 2.75) is 26.1 Å². The highest BCUT2D eigenvalue weighted by Crippen LogP contribution is 2.34. The smallest absolute Gasteiger partial charge is 0.416 e. The van der Waals surface area contributed by atoms with Gasteiger partial charge >= 0.3 is 12.1 Å². The molecule has 0 bridgehead atoms. The molecule has 0 radical (unpaired) electrons. The molecule has 1 atom stereocenters. The number of ether oxygens (including phenoxy) is 2. The fourth-order valence-electron chi connectivity index (χ4n) is 3.33. The van der Waals surface area contributed by atoms with E-state index in [1.165, 1.54) is 41.0 Å². The standard InChI is InChI=1S/C21H18ClF3N6O3/c1-4-34-19(32)13-9-26-30(10-13)20-27-15-16(18(28-20)33-3)31(29-17(15)22)11(2)12-5-7-14(8-6-12)21(23,24)25/h5-11H,4H2,1-3H3/t11-/m0/s1. The highest BCUT2D eigenvalue weighted by atomic mass is 35.5. The molecule has 178 valence electrons. The van der Waals surface area contributed by atoms with Gasteiger partial charge in [0.2, 0.25) is 5.88 Å². The maximum atomic E-state index is 12.9. The topological polar surface area (TPSA) is 96.9 Å². The Bertz CT molecular complexity index is 1350. The minimum Gasteiger partial charge on any atom is -0.479 e. The third kappa shape index (κ3) is 4.28. The molecule has 0 saturated carbocycles. The maximum absolute atomic E-state index is 12.9. The van der Waals surface area contributed by atoms with Crippen LogP contribution in [-0.2, 0) is 10.9 Å². The number of hydrogen-bond donors (Lipinski definition) is 0. The summed E-state index contributed by atoms with van der Waals surface area (Å²) >= 11 is 6.35. The molecular weight excluding hydrogens is 477 g/mol. The van der Waals surface area contributed by atoms with E-state index in [0.717, 1.165) is 12.1 Å². The minimum atomic E-state index is -4.43. The highest BCUT2D eigenvalue weighted by molar-refractivity contribution is 6.34. The van der Waals surface area contributed by atoms with Crippen LogP contribution in [0.5, 0.6) is 5.88 Å². The van der Waals surface area contributed by atoms with E-state index in [9.17, 15) is 18.0 Å². The van der Waals surface area contributed by atoms with Crippen LogP contribution in [0.2, 0.25) is 5.15 Å². The Morgan fingerprint density at radius 2 is 1.91 bits per heavy atom. The van der Waals surface area contributed by atoms with Gasteiger partial charge in [-0.2, -0.15) is 28.4 Å². The van der Waals surface area contributed by atoms with E-state index in [0.29, 0.717) is 11.1 Å². The summed E-state index contributed by atoms with van der Waals surface area (Å²) in [7, 11) is 1.40. The monoisotopic (exact) mass is 494 g/mol. The lowest BCUT2D eigenvalue weighted by Crippen LogP contribution is -2.11. The van der Waals surface area contributed by atoms with E-state index >= 15 is 0 Å². The normalized spacial score (nSPS) is 12.7. The van der Waals surface area contributed by atoms with Gasteiger partial charge in [-0.05, 0) is 31.5 Å². The second-order valence-electron chi connectivity index (χ2n) is 7.16. The number of carbonyl (C=O) groups excluding carboxylic acids is 1. The molecule has 4 rings (SSSR count). The summed E-state index contributed by atoms with van der Waals surface area (Å²) in [6, 6.07) is 4.24. The molecule has 0 spiro atoms. The molecule has 0 aliphatic heterocycles. The number of halogens is 4. The maximum Gasteiger partial charge on any atom is 0.416 e. The fraction of sp³-hybridized carbons (Fsp3) is 0.286. The van der Waals surface area contributed by atoms with Gasteiger partial charge in [0.1, 0.15) is 5.52 Å². The number of alkyl halides is 3. The van der Waals surface area contributed by atoms with Crippen LogP contribution in [-0.4, -0.2) is 49.2 Å². The molecule has 13 heteroatoms. The first-order valence-corrected chi connectivity index (χ1v) is 10.4. The Balaban J connectivity index is 1.76. The molecule has 3 aromatic heterocycles. The largest absolute Gasteiger partial charge is 0.479 e. The van der Waals surface area contributed by atoms with E-state index < -0.39 is 23.8 Å². The van der Waals surface area contributed by atoms with Crippen LogP contribution >= 0.6 is 11.6 Å². The van der Waals surface area contributed by atoms with Gasteiger partial charge in [0.15, 0.2) is 10.7 Å². The number of esters is 1. The van der Waals surface area contributed by atoms with E-state index in [-0.39, 0.29) is 34.7 Å². The van der Waals surface area contributed by atoms with Crippen molar-refractivity contribution in [3.63, 3.8) is 0 Å². The SMILES string of the molecule is CCOC(=O)c1cnn(-c2nc(OC)c3c(n2)c(Cl)nn3[C@@H](C)c2ccc(C(F)(F)F)cc2)c1. The van der Waals surface area contributed by atoms with Crippen molar-refractivity contribution in [3.8, 4) is 11.8 Å². The van der Waals surface area contributed by atoms with Crippen LogP contribution < -0.4 is 4.74 Å². The zero-order chi connectivity index (χ0) is 24.6. The Kier molecular flexibility index (Phi) is 6.17. The Hall–Kier alpha value is -3.67. The molecular formula is C21H18ClF3N6O3. The lowest BCUT2D eigenvalue weighted by atomic mass is 10.1. The molecule has 3 heterocycles. The second-order valence-corrected chi connectivity index (χ2v) is 7.51. The first-order chi connectivity index (χ1) is 16.1. The summed E-state index contributed by atoms with van der Waals surface area (Å²) in [5, 5.41) is 8.44. The molecule has 4 aromatic rings. The first kappa shape index (κ1) is 23.5. The van der Waals surface area contributed by atoms with Gasteiger partial charge in [-0.1, -0.05) is 23.7 Å². The van der Waals surface area contributed by atoms with Crippen LogP contribution in [0.1, 0.15) is 41.4 Å². The average Bonchev–Trinajstić information content (AvgIpc) is 3.43. The Morgan fingerprint density at radius 1 is 1.21 bits per heavy atom. The molecule has 0 aliphatic rings. The number of methoxy groups -OCH3 is 1. The molecule has 0 amide bonds. The summed E-state index contributed by atoms with van der Waals surface area (Å²) in [5.74, 6) is -0.354. The van der Waals surface area contributed by atoms with E-state index in [1.807, 2.05) is 0 Å². The summed E-state index contributed by atoms with van der Waals surface area (Å²) in [6.07, 6.45) is -1.71. The lowest BCUT2D eigenvalue weighted by molar-refractivity contribution is -0.137. The number of carbonyl (C=O) groups is 1. The van der Waals surface area contributed by atoms with Crippen molar-refractivity contribution in [1.29, 1.82) is 0 Å². The van der Waals surface area contributed by atoms with Crippen molar-refractivity contribution in [2.75, 3.05) is 13.7 Å². The number of benzene rings is 1. The predicted molar refractivity (Wildman–Crippen MR) is 115 cm³/mol. The molecule has 0 saturated heterocycles. The third-order valence-corrected chi connectivity index (χ3v) is 5.29. The second kappa shape index (κ2) is 8.93. The van der Waals surface area contributed by atoms with Gasteiger partial charge in [-0.25, -0.2) is 19.1 Å². The molecule has 0 aliphatic carbocycles. The van der Waals surface area contributed by atoms with Gasteiger partial charge in [-0.3, -0.25) is 0 Å². The molecule has 9 nitrogen and oxygen atoms in total. The molecule has 0 fully saturated rings. The van der Waals surface area contributed by atoms with Crippen molar-refractivity contribution in [3.05, 3.63) is 58.5 Å². The summed E-state index contributed by atoms with van der Waals surface area (Å²) < 4.78 is 51.9. The third-order valence-electron chi connectivity index (χ3n) is 5.04. The lowest BCUT2D eigenvalue weighted by Gasteiger charge is -2.16. The molecule has 0 N–H and O–H groups in total. The van der Waals surface area contributed by atoms with Gasteiger partial charge in [0.25, 0.3) is 5.95 Å². The van der Waals surface area contributed by atoms with Gasteiger partial charge in [0, 0.05) is 6.20 Å². The van der Waals surface area contributed by atoms with Crippen LogP contribution in [0, 0.1) is 0 Å². The fourth-order valence-corrected chi connectivity index (χ4v) is 3.55. The van der Waals surface area contributed by atoms with Crippen LogP contribution in [0.15, 0.2) is 36.7 Å². The van der Waals surface area contributed by atoms with Crippen molar-refractivity contribution < 1.29 is 27.4 Å². The van der Waals surface area contributed by atoms with Gasteiger partial charge in [-0.15, -0.1) is 0 Å². The van der Waals surface area contributed by atoms with Crippen molar-refractivity contribution >= 4 is 28.6 Å². The number of nitrogens with zero attached hydrogens (tertiary/aromatic N) is 6. The van der Waals surface area contributed by atoms with Gasteiger partial charge in [0.05, 0.1) is 37.1 Å². The quantitative estimate of drug-likeness (QED) is 0.364. The predicted octanol–water partition coefficient (Wildman–Crippen LogP) is 4.48. The number of hydrogen-bond acceptors (Lipinski definition) is 7. The average molecular weight is 495 g/mol. The van der Waals surface area contributed by atoms with Crippen LogP contribution in [0.25, 0.3) is 17.0 Å². The number of fused-ring (bicyclic) bond motifs is 1. The zero-order valence-corrected chi connectivity index (χ0v) is 18.9. The van der Waals surface area contributed by atoms with Gasteiger partial charge < -0.3 is 9.47 Å². The molecule has 1 aromatic carbocycles. The first-order valence-electron chi connectivity index (χ1n) is 10.0. The molecule has 34 heavy (non-hydrogen) atoms. The van der Waals surface area contributed by atoms with E-state index in [2.05, 4.69) is 20.2 Å². The van der Waals surface area contributed by atoms with E-state index in [1.54, 1.807) is 13.8 Å². The summed E-state index contributed by atoms with van der Waals surface area (Å²) in [6.45, 7) is 3.65. The summed E-state index contributed by atoms with van der Waals surface area (Å²) in [5.41, 5.74) is 0.615. The highest BCUT2D eigenvalue weighted by Gasteiger charge is 2.30. The number of rotatable bonds is 6. The van der Waals surface area contributed by atoms with Crippen LogP contribution in [0.4, 0.5) is 13.2 Å². The summed E-state index contributed by atoms with van der Waals surface area (Å²) in [4.78, 5) is 20.7. The molecule has 0 unspecified atom stereocenters. The van der Waals surface area contributed by atoms with E-state index in [4.69, 9.17) is 21.1 Å². The number of aromatic nitrogens is 6. The minimum absolute atomic E-state index is 0.0356. The van der Waals surface area contributed by atoms with Crippen molar-refractivity contribution in [1.82, 2.24) is 29.5 Å². The van der Waals surface area contributed by atoms with Crippen LogP contribution in [0.3, 0.4) is 0 Å². The Morgan fingerprint density at radius 3 is 2.53 bits per heavy atom. The zero-order valence-electron chi connectivity index (χ0n) is 18.2. The Labute approximate surface area is 196 Å².